The molecule has 3 N–H and O–H groups in total. The van der Waals surface area contributed by atoms with E-state index in [0.29, 0.717) is 0 Å². The number of aliphatic imine (C=N–C) groups is 1. The molecule has 0 radical (unpaired) electrons. The summed E-state index contributed by atoms with van der Waals surface area (Å²) in [5.41, 5.74) is 4.63. The van der Waals surface area contributed by atoms with Crippen molar-refractivity contribution in [2.45, 2.75) is 26.8 Å². The van der Waals surface area contributed by atoms with E-state index in [9.17, 15) is 0 Å². The second-order valence-corrected chi connectivity index (χ2v) is 5.77. The number of guanidine groups is 1. The maximum absolute atomic E-state index is 4.44. The highest BCUT2D eigenvalue weighted by Gasteiger charge is 2.09. The summed E-state index contributed by atoms with van der Waals surface area (Å²) in [7, 11) is 3.76. The van der Waals surface area contributed by atoms with Crippen LogP contribution in [0, 0.1) is 13.8 Å². The quantitative estimate of drug-likeness (QED) is 0.260. The third kappa shape index (κ3) is 6.56. The molecule has 0 saturated heterocycles. The zero-order valence-corrected chi connectivity index (χ0v) is 17.8. The number of aromatic nitrogens is 2. The van der Waals surface area contributed by atoms with Gasteiger partial charge >= 0.3 is 0 Å². The molecule has 2 rings (SSSR count). The highest BCUT2D eigenvalue weighted by Crippen LogP contribution is 2.11. The van der Waals surface area contributed by atoms with E-state index in [1.807, 2.05) is 36.9 Å². The van der Waals surface area contributed by atoms with E-state index in [2.05, 4.69) is 45.1 Å². The predicted molar refractivity (Wildman–Crippen MR) is 116 cm³/mol. The van der Waals surface area contributed by atoms with Crippen molar-refractivity contribution in [1.29, 1.82) is 0 Å². The van der Waals surface area contributed by atoms with Gasteiger partial charge in [-0.3, -0.25) is 9.67 Å². The van der Waals surface area contributed by atoms with Gasteiger partial charge in [-0.05, 0) is 32.4 Å². The molecule has 1 aromatic carbocycles. The number of hydrogen-bond acceptors (Lipinski definition) is 3. The number of rotatable bonds is 7. The number of aryl methyl sites for hydroxylation is 2. The van der Waals surface area contributed by atoms with Crippen LogP contribution >= 0.6 is 24.0 Å². The van der Waals surface area contributed by atoms with Crippen LogP contribution in [0.1, 0.15) is 23.4 Å². The zero-order chi connectivity index (χ0) is 17.4. The minimum Gasteiger partial charge on any atom is -0.385 e. The summed E-state index contributed by atoms with van der Waals surface area (Å²) in [6, 6.07) is 10.2. The molecule has 1 aromatic heterocycles. The van der Waals surface area contributed by atoms with Crippen LogP contribution in [0.5, 0.6) is 0 Å². The van der Waals surface area contributed by atoms with Crippen molar-refractivity contribution in [1.82, 2.24) is 20.4 Å². The van der Waals surface area contributed by atoms with E-state index < -0.39 is 0 Å². The number of halogens is 1. The van der Waals surface area contributed by atoms with Gasteiger partial charge < -0.3 is 16.0 Å². The molecule has 0 fully saturated rings. The lowest BCUT2D eigenvalue weighted by Crippen LogP contribution is -2.37. The molecule has 0 atom stereocenters. The molecule has 0 bridgehead atoms. The molecule has 7 heteroatoms. The van der Waals surface area contributed by atoms with Crippen LogP contribution in [0.3, 0.4) is 0 Å². The van der Waals surface area contributed by atoms with Crippen molar-refractivity contribution in [2.24, 2.45) is 12.0 Å². The molecule has 0 saturated carbocycles. The van der Waals surface area contributed by atoms with Crippen molar-refractivity contribution in [3.05, 3.63) is 47.3 Å². The molecule has 0 aliphatic rings. The Labute approximate surface area is 167 Å². The van der Waals surface area contributed by atoms with E-state index in [1.165, 1.54) is 11.3 Å². The molecular formula is C18H29IN6. The zero-order valence-electron chi connectivity index (χ0n) is 15.5. The van der Waals surface area contributed by atoms with Crippen molar-refractivity contribution in [3.63, 3.8) is 0 Å². The number of anilines is 1. The Morgan fingerprint density at radius 1 is 1.12 bits per heavy atom. The summed E-state index contributed by atoms with van der Waals surface area (Å²) in [5.74, 6) is 0.817. The molecule has 25 heavy (non-hydrogen) atoms. The van der Waals surface area contributed by atoms with Gasteiger partial charge in [-0.1, -0.05) is 18.2 Å². The molecule has 2 aromatic rings. The van der Waals surface area contributed by atoms with Gasteiger partial charge in [0.05, 0.1) is 5.69 Å². The predicted octanol–water partition coefficient (Wildman–Crippen LogP) is 2.82. The molecule has 138 valence electrons. The minimum absolute atomic E-state index is 0. The average Bonchev–Trinajstić information content (AvgIpc) is 2.83. The number of nitrogens with one attached hydrogen (secondary N) is 3. The van der Waals surface area contributed by atoms with Crippen LogP contribution in [0.2, 0.25) is 0 Å². The smallest absolute Gasteiger partial charge is 0.191 e. The van der Waals surface area contributed by atoms with Gasteiger partial charge in [0, 0.05) is 50.7 Å². The van der Waals surface area contributed by atoms with E-state index in [4.69, 9.17) is 0 Å². The molecule has 0 aliphatic carbocycles. The second kappa shape index (κ2) is 11.0. The van der Waals surface area contributed by atoms with Gasteiger partial charge in [0.25, 0.3) is 0 Å². The first-order valence-electron chi connectivity index (χ1n) is 8.34. The second-order valence-electron chi connectivity index (χ2n) is 5.77. The van der Waals surface area contributed by atoms with E-state index in [0.717, 1.165) is 43.4 Å². The normalized spacial score (nSPS) is 11.0. The largest absolute Gasteiger partial charge is 0.385 e. The molecule has 0 amide bonds. The first-order chi connectivity index (χ1) is 11.6. The summed E-state index contributed by atoms with van der Waals surface area (Å²) in [5, 5.41) is 14.5. The maximum Gasteiger partial charge on any atom is 0.191 e. The van der Waals surface area contributed by atoms with E-state index in [1.54, 1.807) is 7.05 Å². The lowest BCUT2D eigenvalue weighted by molar-refractivity contribution is 0.728. The van der Waals surface area contributed by atoms with Gasteiger partial charge in [0.1, 0.15) is 0 Å². The number of benzene rings is 1. The van der Waals surface area contributed by atoms with Crippen molar-refractivity contribution < 1.29 is 0 Å². The van der Waals surface area contributed by atoms with Crippen molar-refractivity contribution in [3.8, 4) is 0 Å². The Kier molecular flexibility index (Phi) is 9.33. The Hall–Kier alpha value is -1.77. The summed E-state index contributed by atoms with van der Waals surface area (Å²) in [4.78, 5) is 4.27. The van der Waals surface area contributed by atoms with E-state index >= 15 is 0 Å². The van der Waals surface area contributed by atoms with Gasteiger partial charge in [0.15, 0.2) is 5.96 Å². The fourth-order valence-electron chi connectivity index (χ4n) is 2.55. The summed E-state index contributed by atoms with van der Waals surface area (Å²) >= 11 is 0. The third-order valence-electron chi connectivity index (χ3n) is 4.06. The van der Waals surface area contributed by atoms with Gasteiger partial charge in [-0.15, -0.1) is 24.0 Å². The molecule has 0 spiro atoms. The average molecular weight is 456 g/mol. The Bertz CT molecular complexity index is 666. The number of nitrogens with zero attached hydrogens (tertiary/aromatic N) is 3. The SMILES string of the molecule is CN=C(NCCCNc1ccccc1)NCc1c(C)nn(C)c1C.I. The minimum atomic E-state index is 0. The molecular weight excluding hydrogens is 427 g/mol. The molecule has 6 nitrogen and oxygen atoms in total. The molecule has 0 aliphatic heterocycles. The summed E-state index contributed by atoms with van der Waals surface area (Å²) < 4.78 is 1.91. The number of para-hydroxylation sites is 1. The summed E-state index contributed by atoms with van der Waals surface area (Å²) in [6.07, 6.45) is 1.01. The Morgan fingerprint density at radius 2 is 1.84 bits per heavy atom. The third-order valence-corrected chi connectivity index (χ3v) is 4.06. The van der Waals surface area contributed by atoms with Gasteiger partial charge in [0.2, 0.25) is 0 Å². The summed E-state index contributed by atoms with van der Waals surface area (Å²) in [6.45, 7) is 6.64. The number of hydrogen-bond donors (Lipinski definition) is 3. The van der Waals surface area contributed by atoms with Gasteiger partial charge in [-0.2, -0.15) is 5.10 Å². The van der Waals surface area contributed by atoms with E-state index in [-0.39, 0.29) is 24.0 Å². The first kappa shape index (κ1) is 21.3. The lowest BCUT2D eigenvalue weighted by atomic mass is 10.2. The maximum atomic E-state index is 4.44. The lowest BCUT2D eigenvalue weighted by Gasteiger charge is -2.12. The fraction of sp³-hybridized carbons (Fsp3) is 0.444. The van der Waals surface area contributed by atoms with Crippen LogP contribution in [-0.4, -0.2) is 35.9 Å². The van der Waals surface area contributed by atoms with Crippen LogP contribution in [0.4, 0.5) is 5.69 Å². The van der Waals surface area contributed by atoms with Crippen molar-refractivity contribution >= 4 is 35.6 Å². The highest BCUT2D eigenvalue weighted by molar-refractivity contribution is 14.0. The molecule has 0 unspecified atom stereocenters. The van der Waals surface area contributed by atoms with Crippen LogP contribution < -0.4 is 16.0 Å². The van der Waals surface area contributed by atoms with Crippen molar-refractivity contribution in [2.75, 3.05) is 25.5 Å². The monoisotopic (exact) mass is 456 g/mol. The Morgan fingerprint density at radius 3 is 2.44 bits per heavy atom. The first-order valence-corrected chi connectivity index (χ1v) is 8.34. The van der Waals surface area contributed by atoms with Crippen LogP contribution in [0.25, 0.3) is 0 Å². The van der Waals surface area contributed by atoms with Gasteiger partial charge in [-0.25, -0.2) is 0 Å². The topological polar surface area (TPSA) is 66.3 Å². The molecule has 1 heterocycles. The fourth-order valence-corrected chi connectivity index (χ4v) is 2.55. The van der Waals surface area contributed by atoms with Crippen LogP contribution in [-0.2, 0) is 13.6 Å². The Balaban J connectivity index is 0.00000312. The van der Waals surface area contributed by atoms with Crippen LogP contribution in [0.15, 0.2) is 35.3 Å². The standard InChI is InChI=1S/C18H28N6.HI/c1-14-17(15(2)24(4)23-14)13-22-18(19-3)21-12-8-11-20-16-9-6-5-7-10-16;/h5-7,9-10,20H,8,11-13H2,1-4H3,(H2,19,21,22);1H. The highest BCUT2D eigenvalue weighted by atomic mass is 127.